The zero-order valence-electron chi connectivity index (χ0n) is 10.2. The Morgan fingerprint density at radius 2 is 2.13 bits per heavy atom. The summed E-state index contributed by atoms with van der Waals surface area (Å²) in [6.45, 7) is 8.66. The first kappa shape index (κ1) is 12.1. The topological polar surface area (TPSA) is 15.3 Å². The van der Waals surface area contributed by atoms with Gasteiger partial charge in [0.15, 0.2) is 0 Å². The largest absolute Gasteiger partial charge is 0.368 e. The van der Waals surface area contributed by atoms with Crippen LogP contribution in [0.4, 0.5) is 5.69 Å². The van der Waals surface area contributed by atoms with Crippen molar-refractivity contribution in [2.75, 3.05) is 25.0 Å². The van der Waals surface area contributed by atoms with E-state index in [0.29, 0.717) is 6.04 Å². The smallest absolute Gasteiger partial charge is 0.0386 e. The third-order valence-electron chi connectivity index (χ3n) is 2.71. The molecule has 0 aliphatic heterocycles. The van der Waals surface area contributed by atoms with Crippen LogP contribution in [0.2, 0.25) is 0 Å². The fourth-order valence-corrected chi connectivity index (χ4v) is 1.96. The highest BCUT2D eigenvalue weighted by atomic mass is 15.2. The van der Waals surface area contributed by atoms with E-state index in [2.05, 4.69) is 55.3 Å². The molecule has 0 saturated carbocycles. The van der Waals surface area contributed by atoms with Crippen LogP contribution in [0, 0.1) is 6.92 Å². The van der Waals surface area contributed by atoms with Gasteiger partial charge in [0.05, 0.1) is 0 Å². The van der Waals surface area contributed by atoms with Crippen molar-refractivity contribution in [3.05, 3.63) is 29.8 Å². The minimum absolute atomic E-state index is 0.529. The van der Waals surface area contributed by atoms with E-state index in [1.807, 2.05) is 7.05 Å². The summed E-state index contributed by atoms with van der Waals surface area (Å²) in [5.41, 5.74) is 2.64. The van der Waals surface area contributed by atoms with Crippen molar-refractivity contribution in [3.63, 3.8) is 0 Å². The van der Waals surface area contributed by atoms with Gasteiger partial charge in [-0.15, -0.1) is 0 Å². The normalized spacial score (nSPS) is 12.5. The quantitative estimate of drug-likeness (QED) is 0.796. The number of hydrogen-bond acceptors (Lipinski definition) is 2. The molecule has 0 saturated heterocycles. The van der Waals surface area contributed by atoms with Gasteiger partial charge in [-0.3, -0.25) is 0 Å². The van der Waals surface area contributed by atoms with Gasteiger partial charge in [-0.25, -0.2) is 0 Å². The molecule has 0 heterocycles. The molecule has 0 aliphatic carbocycles. The molecular weight excluding hydrogens is 184 g/mol. The Labute approximate surface area is 93.3 Å². The SMILES string of the molecule is CCN(c1cccc(C)c1)C(C)CNC. The molecule has 0 radical (unpaired) electrons. The summed E-state index contributed by atoms with van der Waals surface area (Å²) in [5, 5.41) is 3.22. The van der Waals surface area contributed by atoms with Gasteiger partial charge in [0, 0.05) is 24.8 Å². The summed E-state index contributed by atoms with van der Waals surface area (Å²) in [6, 6.07) is 9.22. The zero-order chi connectivity index (χ0) is 11.3. The molecule has 1 aromatic rings. The number of nitrogens with one attached hydrogen (secondary N) is 1. The Morgan fingerprint density at radius 3 is 2.67 bits per heavy atom. The highest BCUT2D eigenvalue weighted by Gasteiger charge is 2.11. The number of benzene rings is 1. The molecule has 0 fully saturated rings. The maximum absolute atomic E-state index is 3.22. The zero-order valence-corrected chi connectivity index (χ0v) is 10.2. The molecule has 1 atom stereocenters. The van der Waals surface area contributed by atoms with Crippen LogP contribution in [0.1, 0.15) is 19.4 Å². The average Bonchev–Trinajstić information content (AvgIpc) is 2.19. The molecule has 15 heavy (non-hydrogen) atoms. The lowest BCUT2D eigenvalue weighted by atomic mass is 10.1. The van der Waals surface area contributed by atoms with E-state index in [4.69, 9.17) is 0 Å². The van der Waals surface area contributed by atoms with Crippen LogP contribution in [0.15, 0.2) is 24.3 Å². The maximum atomic E-state index is 3.22. The molecule has 1 aromatic carbocycles. The molecule has 2 heteroatoms. The van der Waals surface area contributed by atoms with E-state index in [0.717, 1.165) is 13.1 Å². The molecule has 1 rings (SSSR count). The number of rotatable bonds is 5. The van der Waals surface area contributed by atoms with Crippen LogP contribution in [-0.4, -0.2) is 26.2 Å². The molecule has 1 N–H and O–H groups in total. The first-order chi connectivity index (χ1) is 7.19. The Morgan fingerprint density at radius 1 is 1.40 bits per heavy atom. The fourth-order valence-electron chi connectivity index (χ4n) is 1.96. The molecule has 0 aromatic heterocycles. The van der Waals surface area contributed by atoms with Crippen molar-refractivity contribution in [1.29, 1.82) is 0 Å². The molecule has 0 bridgehead atoms. The Hall–Kier alpha value is -1.02. The molecule has 0 amide bonds. The van der Waals surface area contributed by atoms with Gasteiger partial charge in [-0.2, -0.15) is 0 Å². The number of anilines is 1. The van der Waals surface area contributed by atoms with Crippen LogP contribution in [-0.2, 0) is 0 Å². The predicted octanol–water partition coefficient (Wildman–Crippen LogP) is 2.43. The third-order valence-corrected chi connectivity index (χ3v) is 2.71. The number of nitrogens with zero attached hydrogens (tertiary/aromatic N) is 1. The van der Waals surface area contributed by atoms with Gasteiger partial charge in [0.1, 0.15) is 0 Å². The van der Waals surface area contributed by atoms with E-state index in [-0.39, 0.29) is 0 Å². The monoisotopic (exact) mass is 206 g/mol. The van der Waals surface area contributed by atoms with E-state index in [1.165, 1.54) is 11.3 Å². The summed E-state index contributed by atoms with van der Waals surface area (Å²) in [6.07, 6.45) is 0. The summed E-state index contributed by atoms with van der Waals surface area (Å²) < 4.78 is 0. The van der Waals surface area contributed by atoms with E-state index in [1.54, 1.807) is 0 Å². The van der Waals surface area contributed by atoms with Crippen molar-refractivity contribution in [3.8, 4) is 0 Å². The molecule has 84 valence electrons. The van der Waals surface area contributed by atoms with Gasteiger partial charge in [-0.1, -0.05) is 12.1 Å². The first-order valence-corrected chi connectivity index (χ1v) is 5.67. The summed E-state index contributed by atoms with van der Waals surface area (Å²) >= 11 is 0. The molecule has 1 unspecified atom stereocenters. The van der Waals surface area contributed by atoms with Gasteiger partial charge in [0.2, 0.25) is 0 Å². The van der Waals surface area contributed by atoms with Crippen LogP contribution in [0.3, 0.4) is 0 Å². The van der Waals surface area contributed by atoms with Crippen molar-refractivity contribution >= 4 is 5.69 Å². The van der Waals surface area contributed by atoms with E-state index in [9.17, 15) is 0 Å². The van der Waals surface area contributed by atoms with Crippen molar-refractivity contribution in [1.82, 2.24) is 5.32 Å². The fraction of sp³-hybridized carbons (Fsp3) is 0.538. The first-order valence-electron chi connectivity index (χ1n) is 5.67. The van der Waals surface area contributed by atoms with Crippen molar-refractivity contribution in [2.45, 2.75) is 26.8 Å². The number of aryl methyl sites for hydroxylation is 1. The summed E-state index contributed by atoms with van der Waals surface area (Å²) in [5.74, 6) is 0. The van der Waals surface area contributed by atoms with Crippen LogP contribution < -0.4 is 10.2 Å². The lowest BCUT2D eigenvalue weighted by Gasteiger charge is -2.30. The van der Waals surface area contributed by atoms with Crippen LogP contribution in [0.5, 0.6) is 0 Å². The molecular formula is C13H22N2. The van der Waals surface area contributed by atoms with Crippen LogP contribution in [0.25, 0.3) is 0 Å². The Kier molecular flexibility index (Phi) is 4.63. The third kappa shape index (κ3) is 3.24. The summed E-state index contributed by atoms with van der Waals surface area (Å²) in [7, 11) is 2.00. The lowest BCUT2D eigenvalue weighted by molar-refractivity contribution is 0.605. The molecule has 2 nitrogen and oxygen atoms in total. The minimum Gasteiger partial charge on any atom is -0.368 e. The van der Waals surface area contributed by atoms with Gasteiger partial charge < -0.3 is 10.2 Å². The van der Waals surface area contributed by atoms with Gasteiger partial charge in [0.25, 0.3) is 0 Å². The highest BCUT2D eigenvalue weighted by Crippen LogP contribution is 2.17. The van der Waals surface area contributed by atoms with Crippen LogP contribution >= 0.6 is 0 Å². The number of hydrogen-bond donors (Lipinski definition) is 1. The summed E-state index contributed by atoms with van der Waals surface area (Å²) in [4.78, 5) is 2.42. The van der Waals surface area contributed by atoms with Crippen molar-refractivity contribution in [2.24, 2.45) is 0 Å². The molecule has 0 spiro atoms. The second-order valence-corrected chi connectivity index (χ2v) is 4.03. The van der Waals surface area contributed by atoms with Crippen molar-refractivity contribution < 1.29 is 0 Å². The van der Waals surface area contributed by atoms with E-state index < -0.39 is 0 Å². The standard InChI is InChI=1S/C13H22N2/c1-5-15(12(3)10-14-4)13-8-6-7-11(2)9-13/h6-9,12,14H,5,10H2,1-4H3. The second kappa shape index (κ2) is 5.76. The second-order valence-electron chi connectivity index (χ2n) is 4.03. The maximum Gasteiger partial charge on any atom is 0.0386 e. The van der Waals surface area contributed by atoms with Gasteiger partial charge >= 0.3 is 0 Å². The van der Waals surface area contributed by atoms with E-state index >= 15 is 0 Å². The average molecular weight is 206 g/mol. The predicted molar refractivity (Wildman–Crippen MR) is 67.6 cm³/mol. The minimum atomic E-state index is 0.529. The Bertz CT molecular complexity index is 296. The Balaban J connectivity index is 2.82. The lowest BCUT2D eigenvalue weighted by Crippen LogP contribution is -2.39. The number of likely N-dealkylation sites (N-methyl/N-ethyl adjacent to an activating group) is 2. The van der Waals surface area contributed by atoms with Gasteiger partial charge in [-0.05, 0) is 45.5 Å². The molecule has 0 aliphatic rings. The highest BCUT2D eigenvalue weighted by molar-refractivity contribution is 5.49.